The lowest BCUT2D eigenvalue weighted by Gasteiger charge is -2.27. The van der Waals surface area contributed by atoms with E-state index in [0.29, 0.717) is 23.2 Å². The Morgan fingerprint density at radius 3 is 2.34 bits per heavy atom. The molecule has 3 aromatic carbocycles. The number of carbonyl (C=O) groups is 6. The van der Waals surface area contributed by atoms with Gasteiger partial charge in [-0.15, -0.1) is 11.3 Å². The summed E-state index contributed by atoms with van der Waals surface area (Å²) >= 11 is 1.17. The molecule has 0 fully saturated rings. The number of Topliss-reactive ketones (excluding diaryl/α,β-unsaturated/α-hetero) is 1. The third-order valence-electron chi connectivity index (χ3n) is 9.32. The van der Waals surface area contributed by atoms with Gasteiger partial charge in [0.25, 0.3) is 0 Å². The number of benzene rings is 3. The van der Waals surface area contributed by atoms with E-state index in [0.717, 1.165) is 10.3 Å². The molecule has 0 saturated heterocycles. The first kappa shape index (κ1) is 42.6. The van der Waals surface area contributed by atoms with Gasteiger partial charge in [-0.3, -0.25) is 38.7 Å². The number of nitrogens with two attached hydrogens (primary N) is 2. The van der Waals surface area contributed by atoms with Gasteiger partial charge in [0.15, 0.2) is 11.0 Å². The number of carbonyl (C=O) groups excluding carboxylic acids is 6. The van der Waals surface area contributed by atoms with Crippen LogP contribution in [-0.2, 0) is 41.6 Å². The molecule has 58 heavy (non-hydrogen) atoms. The number of aromatic nitrogens is 1. The number of aliphatic imine (C=N–C) groups is 1. The molecule has 4 amide bonds. The second-order valence-electron chi connectivity index (χ2n) is 13.6. The van der Waals surface area contributed by atoms with Crippen LogP contribution in [0.4, 0.5) is 10.1 Å². The summed E-state index contributed by atoms with van der Waals surface area (Å²) in [5.41, 5.74) is 13.4. The molecular weight excluding hydrogens is 768 g/mol. The zero-order chi connectivity index (χ0) is 41.8. The lowest BCUT2D eigenvalue weighted by Crippen LogP contribution is -2.58. The van der Waals surface area contributed by atoms with Crippen LogP contribution < -0.4 is 32.3 Å². The average Bonchev–Trinajstić information content (AvgIpc) is 3.82. The van der Waals surface area contributed by atoms with Gasteiger partial charge in [-0.05, 0) is 60.7 Å². The lowest BCUT2D eigenvalue weighted by atomic mass is 10.0. The van der Waals surface area contributed by atoms with Crippen molar-refractivity contribution in [3.8, 4) is 0 Å². The average molecular weight is 813 g/mol. The number of ether oxygens (including phenoxy) is 1. The Morgan fingerprint density at radius 2 is 1.64 bits per heavy atom. The first-order chi connectivity index (χ1) is 27.8. The normalized spacial score (nSPS) is 14.7. The van der Waals surface area contributed by atoms with Crippen molar-refractivity contribution in [2.45, 2.75) is 69.6 Å². The fourth-order valence-electron chi connectivity index (χ4n) is 6.52. The minimum absolute atomic E-state index is 0.0707. The van der Waals surface area contributed by atoms with Crippen LogP contribution in [0.1, 0.15) is 53.5 Å². The van der Waals surface area contributed by atoms with Gasteiger partial charge < -0.3 is 32.2 Å². The number of ketones is 1. The maximum absolute atomic E-state index is 14.2. The Morgan fingerprint density at radius 1 is 0.948 bits per heavy atom. The minimum Gasteiger partial charge on any atom is -0.461 e. The van der Waals surface area contributed by atoms with Crippen LogP contribution in [0.2, 0.25) is 0 Å². The summed E-state index contributed by atoms with van der Waals surface area (Å²) in [5, 5.41) is 8.32. The van der Waals surface area contributed by atoms with Crippen molar-refractivity contribution in [2.24, 2.45) is 16.5 Å². The fraction of sp³-hybridized carbons (Fsp3) is 0.317. The predicted octanol–water partition coefficient (Wildman–Crippen LogP) is 2.86. The molecule has 4 atom stereocenters. The molecule has 4 aromatic rings. The zero-order valence-corrected chi connectivity index (χ0v) is 32.6. The molecule has 0 radical (unpaired) electrons. The number of para-hydroxylation sites is 2. The molecule has 7 N–H and O–H groups in total. The largest absolute Gasteiger partial charge is 0.461 e. The molecule has 0 bridgehead atoms. The molecule has 0 unspecified atom stereocenters. The van der Waals surface area contributed by atoms with Gasteiger partial charge in [-0.1, -0.05) is 55.1 Å². The van der Waals surface area contributed by atoms with Crippen LogP contribution in [0.15, 0.2) is 90.4 Å². The molecule has 5 rings (SSSR count). The third-order valence-corrected chi connectivity index (χ3v) is 10.4. The number of nitrogens with one attached hydrogen (secondary N) is 3. The van der Waals surface area contributed by atoms with Gasteiger partial charge in [-0.25, -0.2) is 9.37 Å². The number of amides is 4. The molecule has 0 aliphatic carbocycles. The van der Waals surface area contributed by atoms with E-state index in [1.54, 1.807) is 36.4 Å². The summed E-state index contributed by atoms with van der Waals surface area (Å²) in [4.78, 5) is 91.4. The Balaban J connectivity index is 1.41. The Bertz CT molecular complexity index is 2160. The molecule has 1 aliphatic heterocycles. The Kier molecular flexibility index (Phi) is 14.8. The number of nitrogens with zero attached hydrogens (tertiary/aromatic N) is 3. The number of esters is 1. The van der Waals surface area contributed by atoms with Crippen molar-refractivity contribution >= 4 is 68.6 Å². The number of rotatable bonds is 19. The SMILES string of the molecule is C=CCOC(=O)CC[C@H](NC(=O)[C@@H]1Cc2ccccc2N1C(C)=O)C(=O)N[C@@H](Cc1ccc(F)cc1)C(=O)N[C@@H](CCCN=C(N)N)C(=O)c1nc2ccccc2s1. The van der Waals surface area contributed by atoms with Crippen molar-refractivity contribution < 1.29 is 37.9 Å². The van der Waals surface area contributed by atoms with Crippen LogP contribution in [0.3, 0.4) is 0 Å². The number of anilines is 1. The van der Waals surface area contributed by atoms with E-state index in [-0.39, 0.29) is 62.1 Å². The standard InChI is InChI=1S/C41H45FN8O7S/c1-3-21-57-35(52)19-18-30(47-39(56)33-23-26-9-4-6-12-32(26)50(33)24(2)51)37(54)48-31(22-25-14-16-27(42)17-15-25)38(55)46-29(11-8-20-45-41(43)44)36(53)40-49-28-10-5-7-13-34(28)58-40/h3-7,9-10,12-17,29-31,33H,1,8,11,18-23H2,2H3,(H,46,55)(H,47,56)(H,48,54)(H4,43,44,45)/t29-,30-,31-,33-/m0/s1. The van der Waals surface area contributed by atoms with Crippen LogP contribution in [0.5, 0.6) is 0 Å². The summed E-state index contributed by atoms with van der Waals surface area (Å²) in [6.07, 6.45) is 1.29. The first-order valence-corrected chi connectivity index (χ1v) is 19.4. The van der Waals surface area contributed by atoms with Gasteiger partial charge in [0.2, 0.25) is 29.4 Å². The molecule has 0 saturated carbocycles. The number of guanidine groups is 1. The highest BCUT2D eigenvalue weighted by Crippen LogP contribution is 2.32. The van der Waals surface area contributed by atoms with Gasteiger partial charge in [0, 0.05) is 38.4 Å². The topological polar surface area (TPSA) is 228 Å². The quantitative estimate of drug-likeness (QED) is 0.0232. The highest BCUT2D eigenvalue weighted by molar-refractivity contribution is 7.20. The number of hydrogen-bond acceptors (Lipinski definition) is 10. The summed E-state index contributed by atoms with van der Waals surface area (Å²) in [7, 11) is 0. The maximum Gasteiger partial charge on any atom is 0.306 e. The van der Waals surface area contributed by atoms with E-state index in [1.807, 2.05) is 12.1 Å². The van der Waals surface area contributed by atoms with E-state index in [9.17, 15) is 33.2 Å². The van der Waals surface area contributed by atoms with Crippen molar-refractivity contribution in [1.29, 1.82) is 0 Å². The van der Waals surface area contributed by atoms with E-state index < -0.39 is 59.5 Å². The first-order valence-electron chi connectivity index (χ1n) is 18.6. The van der Waals surface area contributed by atoms with Crippen molar-refractivity contribution in [3.05, 3.63) is 107 Å². The highest BCUT2D eigenvalue weighted by Gasteiger charge is 2.39. The molecule has 0 spiro atoms. The van der Waals surface area contributed by atoms with Crippen LogP contribution in [-0.4, -0.2) is 83.6 Å². The number of fused-ring (bicyclic) bond motifs is 2. The van der Waals surface area contributed by atoms with Crippen LogP contribution in [0, 0.1) is 5.82 Å². The van der Waals surface area contributed by atoms with E-state index in [2.05, 4.69) is 32.5 Å². The van der Waals surface area contributed by atoms with Crippen LogP contribution in [0.25, 0.3) is 10.2 Å². The number of hydrogen-bond donors (Lipinski definition) is 5. The van der Waals surface area contributed by atoms with Gasteiger partial charge in [0.05, 0.1) is 16.3 Å². The summed E-state index contributed by atoms with van der Waals surface area (Å²) in [5.74, 6) is -4.43. The molecular formula is C41H45FN8O7S. The van der Waals surface area contributed by atoms with Crippen molar-refractivity contribution in [1.82, 2.24) is 20.9 Å². The smallest absolute Gasteiger partial charge is 0.306 e. The third kappa shape index (κ3) is 11.3. The van der Waals surface area contributed by atoms with Crippen LogP contribution >= 0.6 is 11.3 Å². The summed E-state index contributed by atoms with van der Waals surface area (Å²) in [6.45, 7) is 4.95. The molecule has 17 heteroatoms. The second kappa shape index (κ2) is 20.1. The van der Waals surface area contributed by atoms with Gasteiger partial charge in [-0.2, -0.15) is 0 Å². The highest BCUT2D eigenvalue weighted by atomic mass is 32.1. The van der Waals surface area contributed by atoms with E-state index >= 15 is 0 Å². The van der Waals surface area contributed by atoms with Gasteiger partial charge in [0.1, 0.15) is 30.5 Å². The molecule has 1 aliphatic rings. The zero-order valence-electron chi connectivity index (χ0n) is 31.8. The molecule has 1 aromatic heterocycles. The van der Waals surface area contributed by atoms with Crippen molar-refractivity contribution in [3.63, 3.8) is 0 Å². The number of halogens is 1. The number of thiazole rings is 1. The Labute approximate surface area is 338 Å². The lowest BCUT2D eigenvalue weighted by molar-refractivity contribution is -0.143. The summed E-state index contributed by atoms with van der Waals surface area (Å²) < 4.78 is 19.8. The predicted molar refractivity (Wildman–Crippen MR) is 217 cm³/mol. The monoisotopic (exact) mass is 812 g/mol. The maximum atomic E-state index is 14.2. The molecule has 2 heterocycles. The summed E-state index contributed by atoms with van der Waals surface area (Å²) in [6, 6.07) is 14.7. The van der Waals surface area contributed by atoms with Gasteiger partial charge >= 0.3 is 5.97 Å². The minimum atomic E-state index is -1.38. The van der Waals surface area contributed by atoms with E-state index in [1.165, 1.54) is 53.5 Å². The molecule has 304 valence electrons. The van der Waals surface area contributed by atoms with E-state index in [4.69, 9.17) is 16.2 Å². The Hall–Kier alpha value is -6.49. The molecule has 15 nitrogen and oxygen atoms in total. The second-order valence-corrected chi connectivity index (χ2v) is 14.6. The fourth-order valence-corrected chi connectivity index (χ4v) is 7.48. The van der Waals surface area contributed by atoms with Crippen molar-refractivity contribution in [2.75, 3.05) is 18.1 Å².